The maximum Gasteiger partial charge on any atom is 0.225 e. The Bertz CT molecular complexity index is 526. The molecule has 1 aromatic carbocycles. The number of morpholine rings is 1. The Morgan fingerprint density at radius 3 is 2.83 bits per heavy atom. The lowest BCUT2D eigenvalue weighted by Crippen LogP contribution is -2.45. The first kappa shape index (κ1) is 16.6. The van der Waals surface area contributed by atoms with Crippen LogP contribution in [0.25, 0.3) is 0 Å². The molecule has 0 radical (unpaired) electrons. The topological polar surface area (TPSA) is 50.8 Å². The third kappa shape index (κ3) is 4.59. The Kier molecular flexibility index (Phi) is 5.75. The molecule has 1 amide bonds. The molecule has 0 unspecified atom stereocenters. The predicted molar refractivity (Wildman–Crippen MR) is 88.9 cm³/mol. The normalized spacial score (nSPS) is 22.8. The SMILES string of the molecule is O=C(C[C@H]1CNCCO1)N1CCC(Oc2ccccc2Cl)CC1. The zero-order valence-electron chi connectivity index (χ0n) is 13.2. The number of hydrogen-bond acceptors (Lipinski definition) is 4. The molecule has 1 aromatic rings. The number of carbonyl (C=O) groups excluding carboxylic acids is 1. The van der Waals surface area contributed by atoms with Gasteiger partial charge in [0.15, 0.2) is 0 Å². The van der Waals surface area contributed by atoms with E-state index >= 15 is 0 Å². The van der Waals surface area contributed by atoms with E-state index in [1.165, 1.54) is 0 Å². The van der Waals surface area contributed by atoms with Crippen LogP contribution in [0.5, 0.6) is 5.75 Å². The third-order valence-electron chi connectivity index (χ3n) is 4.33. The first-order valence-electron chi connectivity index (χ1n) is 8.23. The molecular weight excluding hydrogens is 316 g/mol. The van der Waals surface area contributed by atoms with Gasteiger partial charge in [-0.15, -0.1) is 0 Å². The van der Waals surface area contributed by atoms with Gasteiger partial charge >= 0.3 is 0 Å². The molecule has 2 saturated heterocycles. The van der Waals surface area contributed by atoms with E-state index in [9.17, 15) is 4.79 Å². The largest absolute Gasteiger partial charge is 0.489 e. The summed E-state index contributed by atoms with van der Waals surface area (Å²) in [5, 5.41) is 3.89. The third-order valence-corrected chi connectivity index (χ3v) is 4.64. The lowest BCUT2D eigenvalue weighted by atomic mass is 10.1. The van der Waals surface area contributed by atoms with Gasteiger partial charge in [0, 0.05) is 39.0 Å². The summed E-state index contributed by atoms with van der Waals surface area (Å²) in [6.45, 7) is 3.78. The van der Waals surface area contributed by atoms with Gasteiger partial charge in [-0.05, 0) is 12.1 Å². The van der Waals surface area contributed by atoms with Crippen LogP contribution >= 0.6 is 11.6 Å². The molecule has 6 heteroatoms. The van der Waals surface area contributed by atoms with E-state index in [1.807, 2.05) is 29.2 Å². The molecule has 1 N–H and O–H groups in total. The molecule has 1 atom stereocenters. The molecular formula is C17H23ClN2O3. The minimum atomic E-state index is 0.00773. The van der Waals surface area contributed by atoms with Gasteiger partial charge in [0.1, 0.15) is 11.9 Å². The number of carbonyl (C=O) groups is 1. The van der Waals surface area contributed by atoms with Crippen LogP contribution in [0.2, 0.25) is 5.02 Å². The van der Waals surface area contributed by atoms with E-state index in [-0.39, 0.29) is 18.1 Å². The van der Waals surface area contributed by atoms with Gasteiger partial charge in [0.25, 0.3) is 0 Å². The first-order chi connectivity index (χ1) is 11.2. The van der Waals surface area contributed by atoms with E-state index in [1.54, 1.807) is 0 Å². The molecule has 0 aromatic heterocycles. The van der Waals surface area contributed by atoms with Crippen molar-refractivity contribution < 1.29 is 14.3 Å². The quantitative estimate of drug-likeness (QED) is 0.913. The Balaban J connectivity index is 1.44. The highest BCUT2D eigenvalue weighted by atomic mass is 35.5. The van der Waals surface area contributed by atoms with Crippen molar-refractivity contribution in [3.05, 3.63) is 29.3 Å². The molecule has 0 aliphatic carbocycles. The molecule has 2 heterocycles. The molecule has 0 saturated carbocycles. The van der Waals surface area contributed by atoms with Crippen LogP contribution in [-0.4, -0.2) is 55.8 Å². The van der Waals surface area contributed by atoms with Gasteiger partial charge in [-0.2, -0.15) is 0 Å². The standard InChI is InChI=1S/C17H23ClN2O3/c18-15-3-1-2-4-16(15)23-13-5-8-20(9-6-13)17(21)11-14-12-19-7-10-22-14/h1-4,13-14,19H,5-12H2/t14-/m0/s1. The summed E-state index contributed by atoms with van der Waals surface area (Å²) in [5.41, 5.74) is 0. The number of hydrogen-bond donors (Lipinski definition) is 1. The Labute approximate surface area is 141 Å². The second-order valence-electron chi connectivity index (χ2n) is 6.03. The van der Waals surface area contributed by atoms with Gasteiger partial charge in [-0.25, -0.2) is 0 Å². The molecule has 0 bridgehead atoms. The number of likely N-dealkylation sites (tertiary alicyclic amines) is 1. The number of ether oxygens (including phenoxy) is 2. The fourth-order valence-electron chi connectivity index (χ4n) is 3.02. The molecule has 0 spiro atoms. The zero-order chi connectivity index (χ0) is 16.1. The molecule has 2 fully saturated rings. The molecule has 5 nitrogen and oxygen atoms in total. The molecule has 2 aliphatic rings. The van der Waals surface area contributed by atoms with Crippen molar-refractivity contribution in [3.63, 3.8) is 0 Å². The van der Waals surface area contributed by atoms with Gasteiger partial charge in [-0.3, -0.25) is 4.79 Å². The van der Waals surface area contributed by atoms with Crippen molar-refractivity contribution in [1.82, 2.24) is 10.2 Å². The second-order valence-corrected chi connectivity index (χ2v) is 6.44. The van der Waals surface area contributed by atoms with E-state index in [0.29, 0.717) is 18.1 Å². The van der Waals surface area contributed by atoms with Crippen molar-refractivity contribution in [2.75, 3.05) is 32.8 Å². The highest BCUT2D eigenvalue weighted by Crippen LogP contribution is 2.27. The number of nitrogens with zero attached hydrogens (tertiary/aromatic N) is 1. The number of rotatable bonds is 4. The van der Waals surface area contributed by atoms with Crippen molar-refractivity contribution in [2.24, 2.45) is 0 Å². The van der Waals surface area contributed by atoms with Gasteiger partial charge in [0.05, 0.1) is 24.2 Å². The summed E-state index contributed by atoms with van der Waals surface area (Å²) >= 11 is 6.12. The molecule has 3 rings (SSSR count). The Morgan fingerprint density at radius 2 is 2.13 bits per heavy atom. The van der Waals surface area contributed by atoms with Crippen LogP contribution in [0.3, 0.4) is 0 Å². The summed E-state index contributed by atoms with van der Waals surface area (Å²) in [7, 11) is 0. The Hall–Kier alpha value is -1.30. The van der Waals surface area contributed by atoms with Crippen LogP contribution in [-0.2, 0) is 9.53 Å². The van der Waals surface area contributed by atoms with Crippen LogP contribution < -0.4 is 10.1 Å². The summed E-state index contributed by atoms with van der Waals surface area (Å²) in [6.07, 6.45) is 2.25. The monoisotopic (exact) mass is 338 g/mol. The van der Waals surface area contributed by atoms with E-state index < -0.39 is 0 Å². The van der Waals surface area contributed by atoms with E-state index in [0.717, 1.165) is 44.8 Å². The second kappa shape index (κ2) is 7.99. The fourth-order valence-corrected chi connectivity index (χ4v) is 3.20. The van der Waals surface area contributed by atoms with Crippen LogP contribution in [0.4, 0.5) is 0 Å². The van der Waals surface area contributed by atoms with Gasteiger partial charge in [0.2, 0.25) is 5.91 Å². The van der Waals surface area contributed by atoms with Crippen molar-refractivity contribution >= 4 is 17.5 Å². The maximum atomic E-state index is 12.3. The summed E-state index contributed by atoms with van der Waals surface area (Å²) in [6, 6.07) is 7.51. The van der Waals surface area contributed by atoms with Crippen molar-refractivity contribution in [2.45, 2.75) is 31.5 Å². The maximum absolute atomic E-state index is 12.3. The zero-order valence-corrected chi connectivity index (χ0v) is 13.9. The molecule has 23 heavy (non-hydrogen) atoms. The van der Waals surface area contributed by atoms with Crippen LogP contribution in [0, 0.1) is 0 Å². The van der Waals surface area contributed by atoms with Crippen LogP contribution in [0.15, 0.2) is 24.3 Å². The number of amides is 1. The number of nitrogens with one attached hydrogen (secondary N) is 1. The predicted octanol–water partition coefficient (Wildman–Crippen LogP) is 2.09. The van der Waals surface area contributed by atoms with Crippen molar-refractivity contribution in [3.8, 4) is 5.75 Å². The highest BCUT2D eigenvalue weighted by molar-refractivity contribution is 6.32. The minimum Gasteiger partial charge on any atom is -0.489 e. The first-order valence-corrected chi connectivity index (χ1v) is 8.61. The smallest absolute Gasteiger partial charge is 0.225 e. The highest BCUT2D eigenvalue weighted by Gasteiger charge is 2.26. The molecule has 2 aliphatic heterocycles. The van der Waals surface area contributed by atoms with Crippen molar-refractivity contribution in [1.29, 1.82) is 0 Å². The Morgan fingerprint density at radius 1 is 1.35 bits per heavy atom. The number of para-hydroxylation sites is 1. The van der Waals surface area contributed by atoms with Gasteiger partial charge < -0.3 is 19.7 Å². The summed E-state index contributed by atoms with van der Waals surface area (Å²) in [4.78, 5) is 14.3. The number of piperidine rings is 1. The number of benzene rings is 1. The van der Waals surface area contributed by atoms with E-state index in [2.05, 4.69) is 5.32 Å². The fraction of sp³-hybridized carbons (Fsp3) is 0.588. The lowest BCUT2D eigenvalue weighted by Gasteiger charge is -2.33. The average molecular weight is 339 g/mol. The minimum absolute atomic E-state index is 0.00773. The van der Waals surface area contributed by atoms with Gasteiger partial charge in [-0.1, -0.05) is 23.7 Å². The summed E-state index contributed by atoms with van der Waals surface area (Å²) < 4.78 is 11.6. The molecule has 126 valence electrons. The van der Waals surface area contributed by atoms with E-state index in [4.69, 9.17) is 21.1 Å². The van der Waals surface area contributed by atoms with Crippen LogP contribution in [0.1, 0.15) is 19.3 Å². The summed E-state index contributed by atoms with van der Waals surface area (Å²) in [5.74, 6) is 0.899. The lowest BCUT2D eigenvalue weighted by molar-refractivity contribution is -0.136. The number of halogens is 1. The average Bonchev–Trinajstić information content (AvgIpc) is 2.58.